The SMILES string of the molecule is Nc1ccc2sc(COC(=O)OCc3nc4c(Cl)c(N)ccc4s3)nc2c1Cl. The van der Waals surface area contributed by atoms with E-state index in [1.54, 1.807) is 12.1 Å². The van der Waals surface area contributed by atoms with E-state index in [0.29, 0.717) is 42.5 Å². The Labute approximate surface area is 176 Å². The highest BCUT2D eigenvalue weighted by Crippen LogP contribution is 2.33. The number of rotatable bonds is 4. The van der Waals surface area contributed by atoms with Gasteiger partial charge in [-0.2, -0.15) is 0 Å². The van der Waals surface area contributed by atoms with Crippen molar-refractivity contribution in [2.75, 3.05) is 11.5 Å². The lowest BCUT2D eigenvalue weighted by molar-refractivity contribution is 0.0446. The number of aromatic nitrogens is 2. The molecule has 4 rings (SSSR count). The van der Waals surface area contributed by atoms with Crippen molar-refractivity contribution in [1.29, 1.82) is 0 Å². The lowest BCUT2D eigenvalue weighted by atomic mass is 10.3. The number of thiazole rings is 2. The van der Waals surface area contributed by atoms with E-state index in [0.717, 1.165) is 9.40 Å². The number of fused-ring (bicyclic) bond motifs is 2. The molecule has 0 aliphatic rings. The minimum absolute atomic E-state index is 0.0311. The highest BCUT2D eigenvalue weighted by Gasteiger charge is 2.14. The second kappa shape index (κ2) is 7.59. The maximum absolute atomic E-state index is 11.9. The summed E-state index contributed by atoms with van der Waals surface area (Å²) in [5.41, 5.74) is 13.6. The summed E-state index contributed by atoms with van der Waals surface area (Å²) < 4.78 is 11.9. The van der Waals surface area contributed by atoms with Crippen LogP contribution in [0.25, 0.3) is 20.4 Å². The number of halogens is 2. The molecule has 144 valence electrons. The molecule has 0 fully saturated rings. The molecule has 0 spiro atoms. The van der Waals surface area contributed by atoms with Crippen LogP contribution >= 0.6 is 45.9 Å². The van der Waals surface area contributed by atoms with Crippen molar-refractivity contribution >= 4 is 83.8 Å². The molecule has 0 aliphatic carbocycles. The summed E-state index contributed by atoms with van der Waals surface area (Å²) in [6, 6.07) is 7.06. The Morgan fingerprint density at radius 1 is 0.857 bits per heavy atom. The van der Waals surface area contributed by atoms with Crippen molar-refractivity contribution in [3.05, 3.63) is 44.3 Å². The van der Waals surface area contributed by atoms with Gasteiger partial charge in [0.2, 0.25) is 0 Å². The number of ether oxygens (including phenoxy) is 2. The van der Waals surface area contributed by atoms with E-state index < -0.39 is 6.16 Å². The Morgan fingerprint density at radius 3 is 1.71 bits per heavy atom. The predicted molar refractivity (Wildman–Crippen MR) is 113 cm³/mol. The molecule has 0 saturated heterocycles. The standard InChI is InChI=1S/C17H12Cl2N4O3S2/c18-13-7(20)1-3-9-15(13)22-11(27-9)5-25-17(24)26-6-12-23-16-10(28-12)4-2-8(21)14(16)19/h1-4H,5-6,20-21H2. The number of carbonyl (C=O) groups excluding carboxylic acids is 1. The molecule has 0 atom stereocenters. The molecule has 2 heterocycles. The van der Waals surface area contributed by atoms with Gasteiger partial charge in [0.1, 0.15) is 34.3 Å². The van der Waals surface area contributed by atoms with E-state index >= 15 is 0 Å². The maximum atomic E-state index is 11.9. The molecule has 0 bridgehead atoms. The molecule has 28 heavy (non-hydrogen) atoms. The highest BCUT2D eigenvalue weighted by molar-refractivity contribution is 7.19. The Kier molecular flexibility index (Phi) is 5.15. The number of anilines is 2. The van der Waals surface area contributed by atoms with Gasteiger partial charge in [0.25, 0.3) is 0 Å². The number of benzene rings is 2. The molecule has 11 heteroatoms. The fourth-order valence-corrected chi connectivity index (χ4v) is 4.76. The third-order valence-corrected chi connectivity index (χ3v) is 6.56. The summed E-state index contributed by atoms with van der Waals surface area (Å²) in [5.74, 6) is 0. The fourth-order valence-electron chi connectivity index (χ4n) is 2.45. The Balaban J connectivity index is 1.37. The van der Waals surface area contributed by atoms with Crippen LogP contribution in [0.3, 0.4) is 0 Å². The molecule has 0 unspecified atom stereocenters. The Bertz CT molecular complexity index is 1120. The molecule has 0 amide bonds. The van der Waals surface area contributed by atoms with Crippen molar-refractivity contribution in [3.8, 4) is 0 Å². The summed E-state index contributed by atoms with van der Waals surface area (Å²) in [6.45, 7) is -0.0623. The third-order valence-electron chi connectivity index (χ3n) is 3.77. The zero-order valence-electron chi connectivity index (χ0n) is 14.1. The first kappa shape index (κ1) is 19.0. The van der Waals surface area contributed by atoms with Crippen LogP contribution in [0.5, 0.6) is 0 Å². The second-order valence-electron chi connectivity index (χ2n) is 5.67. The zero-order chi connectivity index (χ0) is 19.8. The highest BCUT2D eigenvalue weighted by atomic mass is 35.5. The van der Waals surface area contributed by atoms with Crippen LogP contribution in [0.1, 0.15) is 10.0 Å². The van der Waals surface area contributed by atoms with Gasteiger partial charge in [-0.05, 0) is 24.3 Å². The number of nitrogens with two attached hydrogens (primary N) is 2. The second-order valence-corrected chi connectivity index (χ2v) is 8.66. The van der Waals surface area contributed by atoms with Crippen LogP contribution in [0.4, 0.5) is 16.2 Å². The van der Waals surface area contributed by atoms with Gasteiger partial charge >= 0.3 is 6.16 Å². The Morgan fingerprint density at radius 2 is 1.29 bits per heavy atom. The van der Waals surface area contributed by atoms with Crippen molar-refractivity contribution in [2.24, 2.45) is 0 Å². The third kappa shape index (κ3) is 3.66. The zero-order valence-corrected chi connectivity index (χ0v) is 17.2. The monoisotopic (exact) mass is 454 g/mol. The van der Waals surface area contributed by atoms with E-state index in [2.05, 4.69) is 9.97 Å². The van der Waals surface area contributed by atoms with E-state index in [-0.39, 0.29) is 13.2 Å². The first-order chi connectivity index (χ1) is 13.4. The molecule has 2 aromatic heterocycles. The number of nitrogens with zero attached hydrogens (tertiary/aromatic N) is 2. The van der Waals surface area contributed by atoms with Crippen molar-refractivity contribution in [1.82, 2.24) is 9.97 Å². The van der Waals surface area contributed by atoms with Crippen molar-refractivity contribution in [3.63, 3.8) is 0 Å². The molecule has 0 radical (unpaired) electrons. The van der Waals surface area contributed by atoms with Gasteiger partial charge in [-0.1, -0.05) is 23.2 Å². The van der Waals surface area contributed by atoms with Crippen LogP contribution in [0.2, 0.25) is 10.0 Å². The first-order valence-corrected chi connectivity index (χ1v) is 10.3. The molecular weight excluding hydrogens is 443 g/mol. The van der Waals surface area contributed by atoms with E-state index in [1.165, 1.54) is 22.7 Å². The van der Waals surface area contributed by atoms with E-state index in [4.69, 9.17) is 44.1 Å². The molecule has 7 nitrogen and oxygen atoms in total. The van der Waals surface area contributed by atoms with Gasteiger partial charge in [0.05, 0.1) is 30.8 Å². The van der Waals surface area contributed by atoms with Gasteiger partial charge in [0.15, 0.2) is 0 Å². The van der Waals surface area contributed by atoms with Crippen LogP contribution < -0.4 is 11.5 Å². The normalized spacial score (nSPS) is 11.2. The molecular formula is C17H12Cl2N4O3S2. The summed E-state index contributed by atoms with van der Waals surface area (Å²) >= 11 is 15.0. The predicted octanol–water partition coefficient (Wildman–Crippen LogP) is 5.23. The summed E-state index contributed by atoms with van der Waals surface area (Å²) in [6.07, 6.45) is -0.824. The number of hydrogen-bond acceptors (Lipinski definition) is 9. The van der Waals surface area contributed by atoms with Crippen LogP contribution in [-0.2, 0) is 22.7 Å². The smallest absolute Gasteiger partial charge is 0.427 e. The molecule has 2 aromatic carbocycles. The van der Waals surface area contributed by atoms with Gasteiger partial charge in [0, 0.05) is 0 Å². The molecule has 0 saturated carbocycles. The lowest BCUT2D eigenvalue weighted by Gasteiger charge is -2.02. The average molecular weight is 455 g/mol. The van der Waals surface area contributed by atoms with Gasteiger partial charge in [-0.15, -0.1) is 22.7 Å². The fraction of sp³-hybridized carbons (Fsp3) is 0.118. The number of hydrogen-bond donors (Lipinski definition) is 2. The largest absolute Gasteiger partial charge is 0.509 e. The van der Waals surface area contributed by atoms with Gasteiger partial charge in [-0.3, -0.25) is 0 Å². The summed E-state index contributed by atoms with van der Waals surface area (Å²) in [7, 11) is 0. The molecule has 4 N–H and O–H groups in total. The topological polar surface area (TPSA) is 113 Å². The minimum Gasteiger partial charge on any atom is -0.427 e. The van der Waals surface area contributed by atoms with Crippen molar-refractivity contribution in [2.45, 2.75) is 13.2 Å². The first-order valence-electron chi connectivity index (χ1n) is 7.88. The Hall–Kier alpha value is -2.33. The minimum atomic E-state index is -0.824. The number of nitrogen functional groups attached to an aromatic ring is 2. The van der Waals surface area contributed by atoms with E-state index in [9.17, 15) is 4.79 Å². The van der Waals surface area contributed by atoms with Crippen LogP contribution in [0.15, 0.2) is 24.3 Å². The molecule has 0 aliphatic heterocycles. The summed E-state index contributed by atoms with van der Waals surface area (Å²) in [5, 5.41) is 1.94. The number of carbonyl (C=O) groups is 1. The quantitative estimate of drug-likeness (QED) is 0.320. The average Bonchev–Trinajstić information content (AvgIpc) is 3.29. The van der Waals surface area contributed by atoms with E-state index in [1.807, 2.05) is 12.1 Å². The van der Waals surface area contributed by atoms with Crippen LogP contribution in [-0.4, -0.2) is 16.1 Å². The van der Waals surface area contributed by atoms with Gasteiger partial charge in [-0.25, -0.2) is 14.8 Å². The van der Waals surface area contributed by atoms with Crippen LogP contribution in [0, 0.1) is 0 Å². The maximum Gasteiger partial charge on any atom is 0.509 e. The van der Waals surface area contributed by atoms with Gasteiger partial charge < -0.3 is 20.9 Å². The lowest BCUT2D eigenvalue weighted by Crippen LogP contribution is -2.07. The molecule has 4 aromatic rings. The van der Waals surface area contributed by atoms with Crippen molar-refractivity contribution < 1.29 is 14.3 Å². The summed E-state index contributed by atoms with van der Waals surface area (Å²) in [4.78, 5) is 20.6.